The number of ketones is 1. The van der Waals surface area contributed by atoms with E-state index in [9.17, 15) is 38.5 Å². The van der Waals surface area contributed by atoms with Crippen molar-refractivity contribution < 1.29 is 57.4 Å². The number of nitrogens with two attached hydrogens (primary N) is 3. The monoisotopic (exact) mass is 1110 g/mol. The molecule has 20 nitrogen and oxygen atoms in total. The van der Waals surface area contributed by atoms with E-state index in [2.05, 4.69) is 24.1 Å². The number of phenolic OH excluding ortho intramolecular Hbond substituents is 2. The van der Waals surface area contributed by atoms with Crippen LogP contribution in [0.4, 0.5) is 5.69 Å². The zero-order valence-electron chi connectivity index (χ0n) is 45.4. The fraction of sp³-hybridized carbons (Fsp3) is 0.509. The van der Waals surface area contributed by atoms with Gasteiger partial charge in [0.1, 0.15) is 35.2 Å². The number of likely N-dealkylation sites (tertiary alicyclic amines) is 1. The zero-order valence-corrected chi connectivity index (χ0v) is 46.9. The van der Waals surface area contributed by atoms with E-state index in [1.165, 1.54) is 50.8 Å². The van der Waals surface area contributed by atoms with Crippen molar-refractivity contribution in [3.8, 4) is 17.2 Å². The van der Waals surface area contributed by atoms with Crippen molar-refractivity contribution in [2.75, 3.05) is 45.2 Å². The van der Waals surface area contributed by atoms with Crippen molar-refractivity contribution in [3.63, 3.8) is 0 Å². The summed E-state index contributed by atoms with van der Waals surface area (Å²) in [5.41, 5.74) is 11.2. The Kier molecular flexibility index (Phi) is 19.8. The first-order chi connectivity index (χ1) is 36.2. The number of ether oxygens (including phenoxy) is 4. The molecule has 4 heterocycles. The molecule has 7 rings (SSSR count). The van der Waals surface area contributed by atoms with Gasteiger partial charge in [0.05, 0.1) is 34.8 Å². The Labute approximate surface area is 456 Å². The summed E-state index contributed by atoms with van der Waals surface area (Å²) in [5, 5.41) is 40.8. The van der Waals surface area contributed by atoms with E-state index in [1.54, 1.807) is 45.9 Å². The van der Waals surface area contributed by atoms with Crippen molar-refractivity contribution in [2.45, 2.75) is 116 Å². The van der Waals surface area contributed by atoms with Gasteiger partial charge in [-0.25, -0.2) is 5.84 Å². The van der Waals surface area contributed by atoms with Crippen LogP contribution in [-0.4, -0.2) is 121 Å². The lowest BCUT2D eigenvalue weighted by molar-refractivity contribution is -0.162. The number of carbonyl (C=O) groups is 3. The average Bonchev–Trinajstić information content (AvgIpc) is 4.07. The van der Waals surface area contributed by atoms with E-state index >= 15 is 0 Å². The van der Waals surface area contributed by atoms with E-state index in [1.807, 2.05) is 19.9 Å². The molecule has 0 saturated carbocycles. The molecule has 420 valence electrons. The highest BCUT2D eigenvalue weighted by molar-refractivity contribution is 7.79. The molecule has 10 N–H and O–H groups in total. The van der Waals surface area contributed by atoms with Gasteiger partial charge >= 0.3 is 11.8 Å². The Balaban J connectivity index is 0.000000861. The Morgan fingerprint density at radius 2 is 1.70 bits per heavy atom. The number of hydrogen-bond donors (Lipinski definition) is 7. The van der Waals surface area contributed by atoms with Crippen LogP contribution in [0.15, 0.2) is 87.2 Å². The van der Waals surface area contributed by atoms with E-state index in [0.29, 0.717) is 48.9 Å². The molecule has 3 aromatic carbocycles. The van der Waals surface area contributed by atoms with E-state index < -0.39 is 76.1 Å². The molecule has 4 aliphatic rings. The third-order valence-electron chi connectivity index (χ3n) is 14.5. The third kappa shape index (κ3) is 13.7. The minimum absolute atomic E-state index is 0.0289. The Bertz CT molecular complexity index is 2980. The maximum atomic E-state index is 14.9. The Morgan fingerprint density at radius 1 is 1.05 bits per heavy atom. The van der Waals surface area contributed by atoms with Crippen LogP contribution in [0.2, 0.25) is 5.02 Å². The minimum Gasteiger partial charge on any atom is -0.768 e. The number of nitrogens with one attached hydrogen (secondary N) is 1. The number of aliphatic hydroxyl groups excluding tert-OH is 1. The van der Waals surface area contributed by atoms with Gasteiger partial charge < -0.3 is 65.5 Å². The fourth-order valence-corrected chi connectivity index (χ4v) is 10.8. The highest BCUT2D eigenvalue weighted by Gasteiger charge is 2.50. The van der Waals surface area contributed by atoms with Gasteiger partial charge in [-0.15, -0.1) is 0 Å². The number of halogens is 1. The van der Waals surface area contributed by atoms with Crippen LogP contribution in [0.3, 0.4) is 0 Å². The van der Waals surface area contributed by atoms with Crippen molar-refractivity contribution >= 4 is 56.8 Å². The molecule has 1 amide bonds. The number of esters is 1. The maximum absolute atomic E-state index is 14.9. The molecule has 1 saturated heterocycles. The molecule has 4 aliphatic heterocycles. The number of nitrogens with zero attached hydrogens (tertiary/aromatic N) is 4. The van der Waals surface area contributed by atoms with Crippen molar-refractivity contribution in [3.05, 3.63) is 99.2 Å². The van der Waals surface area contributed by atoms with Crippen LogP contribution >= 0.6 is 11.6 Å². The number of hydrogen-bond acceptors (Lipinski definition) is 19. The molecule has 4 bridgehead atoms. The first-order valence-electron chi connectivity index (χ1n) is 25.7. The number of fused-ring (bicyclic) bond motifs is 1. The lowest BCUT2D eigenvalue weighted by Gasteiger charge is -2.37. The molecule has 0 aromatic heterocycles. The number of carbonyl (C=O) groups excluding carboxylic acids is 3. The van der Waals surface area contributed by atoms with Gasteiger partial charge in [0.15, 0.2) is 11.4 Å². The largest absolute Gasteiger partial charge is 0.768 e. The number of hydrazine groups is 1. The van der Waals surface area contributed by atoms with Crippen LogP contribution in [0, 0.1) is 36.5 Å². The number of rotatable bonds is 9. The highest BCUT2D eigenvalue weighted by Crippen LogP contribution is 2.50. The summed E-state index contributed by atoms with van der Waals surface area (Å²) < 4.78 is 45.0. The molecule has 5 unspecified atom stereocenters. The molecule has 77 heavy (non-hydrogen) atoms. The number of aliphatic hydroxyl groups is 1. The summed E-state index contributed by atoms with van der Waals surface area (Å²) in [6.45, 7) is 18.5. The summed E-state index contributed by atoms with van der Waals surface area (Å²) >= 11 is 3.37. The number of allylic oxidation sites excluding steroid dienone is 3. The first-order valence-corrected chi connectivity index (χ1v) is 27.1. The molecule has 22 heteroatoms. The molecule has 0 radical (unpaired) electrons. The SMILES string of the molecule is CO[C@H]1/C=C/OC2(C)Oc3c(C)c(O)c4c(O)c(c5c(c4c3C2=O)=NC2(CCN(CC(C)C)CC2)N=5)NC(=O)/C(C)=C\C=C\C(C)C[C@@H](C)C(O)[C@@H](C)C(OC(=O)CN(N)/C=C(\N)CN)[C@@H]1C.O=S([O-])c1ccc(Cl)cc1. The van der Waals surface area contributed by atoms with Crippen molar-refractivity contribution in [1.82, 2.24) is 9.91 Å². The van der Waals surface area contributed by atoms with Crippen LogP contribution in [-0.2, 0) is 34.9 Å². The van der Waals surface area contributed by atoms with Gasteiger partial charge in [-0.1, -0.05) is 71.4 Å². The normalized spacial score (nSPS) is 27.7. The average molecular weight is 1110 g/mol. The second-order valence-corrected chi connectivity index (χ2v) is 22.5. The zero-order chi connectivity index (χ0) is 56.8. The van der Waals surface area contributed by atoms with E-state index in [-0.39, 0.29) is 85.3 Å². The second-order valence-electron chi connectivity index (χ2n) is 21.1. The molecule has 1 spiro atoms. The van der Waals surface area contributed by atoms with Gasteiger partial charge in [-0.3, -0.25) is 28.6 Å². The number of piperidine rings is 1. The predicted octanol–water partition coefficient (Wildman–Crippen LogP) is 5.27. The van der Waals surface area contributed by atoms with Gasteiger partial charge in [0, 0.05) is 103 Å². The standard InChI is InChI=1S/C49H70N8O10.C6H5ClO2S/c1-25(2)22-56-17-15-49(16-18-56)54-38-35-36-42(60)31(8)45-37(35)46(62)48(9,67-45)65-19-14-33(64-10)29(6)44(66-34(58)24-57(52)23-32(51)21-50)30(7)41(59)28(5)20-26(3)12-11-13-27(4)47(63)53-40(43(36)61)39(38)55-49;7-5-1-3-6(4-2-5)10(8)9/h11-14,19,23,25-26,28-30,33,41,44,59-61H,15-18,20-22,24,50-52H2,1-10H3,(H,53,63);1-4H,(H,8,9)/p-1/b12-11+,19-14+,27-13-,32-23-;/t26?,28-,29-,30-,33+,41?,44?,48?;/m1./s1. The summed E-state index contributed by atoms with van der Waals surface area (Å²) in [6, 6.07) is 5.97. The Morgan fingerprint density at radius 3 is 2.31 bits per heavy atom. The number of methoxy groups -OCH3 is 1. The quantitative estimate of drug-likeness (QED) is 0.0472. The van der Waals surface area contributed by atoms with Crippen LogP contribution in [0.1, 0.15) is 90.6 Å². The number of anilines is 1. The van der Waals surface area contributed by atoms with Crippen molar-refractivity contribution in [2.24, 2.45) is 56.9 Å². The van der Waals surface area contributed by atoms with Gasteiger partial charge in [0.25, 0.3) is 11.7 Å². The highest BCUT2D eigenvalue weighted by atomic mass is 35.5. The number of amides is 1. The van der Waals surface area contributed by atoms with Gasteiger partial charge in [-0.05, 0) is 79.4 Å². The lowest BCUT2D eigenvalue weighted by Crippen LogP contribution is -2.46. The third-order valence-corrected chi connectivity index (χ3v) is 15.4. The van der Waals surface area contributed by atoms with Crippen LogP contribution in [0.25, 0.3) is 10.8 Å². The topological polar surface area (TPSA) is 310 Å². The summed E-state index contributed by atoms with van der Waals surface area (Å²) in [6.07, 6.45) is 8.46. The molecule has 9 atom stereocenters. The van der Waals surface area contributed by atoms with E-state index in [4.69, 9.17) is 57.8 Å². The van der Waals surface area contributed by atoms with Gasteiger partial charge in [-0.2, -0.15) is 0 Å². The smallest absolute Gasteiger partial charge is 0.327 e. The number of Topliss-reactive ketones (excluding diaryl/α,β-unsaturated/α-hetero) is 1. The number of phenols is 2. The van der Waals surface area contributed by atoms with Gasteiger partial charge in [0.2, 0.25) is 0 Å². The number of benzene rings is 3. The molecule has 0 aliphatic carbocycles. The number of aromatic hydroxyl groups is 2. The second kappa shape index (κ2) is 25.3. The van der Waals surface area contributed by atoms with E-state index in [0.717, 1.165) is 11.6 Å². The minimum atomic E-state index is -2.15. The molecule has 3 aromatic rings. The first kappa shape index (κ1) is 60.3. The summed E-state index contributed by atoms with van der Waals surface area (Å²) in [5.74, 6) is 0.286. The predicted molar refractivity (Wildman–Crippen MR) is 291 cm³/mol. The molecule has 1 fully saturated rings. The van der Waals surface area contributed by atoms with Crippen LogP contribution < -0.4 is 38.1 Å². The maximum Gasteiger partial charge on any atom is 0.327 e. The fourth-order valence-electron chi connectivity index (χ4n) is 10.3. The lowest BCUT2D eigenvalue weighted by atomic mass is 9.79. The van der Waals surface area contributed by atoms with Crippen molar-refractivity contribution in [1.29, 1.82) is 0 Å². The van der Waals surface area contributed by atoms with Crippen LogP contribution in [0.5, 0.6) is 17.2 Å². The molecular weight excluding hydrogens is 1030 g/mol. The summed E-state index contributed by atoms with van der Waals surface area (Å²) in [4.78, 5) is 55.2. The molecular formula is C55H74ClN8O12S-. The Hall–Kier alpha value is -5.91. The summed E-state index contributed by atoms with van der Waals surface area (Å²) in [7, 11) is 1.47.